The fourth-order valence-electron chi connectivity index (χ4n) is 3.93. The van der Waals surface area contributed by atoms with Gasteiger partial charge in [-0.05, 0) is 67.5 Å². The highest BCUT2D eigenvalue weighted by Gasteiger charge is 2.20. The number of hydrogen-bond acceptors (Lipinski definition) is 3. The average Bonchev–Trinajstić information content (AvgIpc) is 2.84. The van der Waals surface area contributed by atoms with E-state index in [-0.39, 0.29) is 11.8 Å². The summed E-state index contributed by atoms with van der Waals surface area (Å²) >= 11 is 3.37. The van der Waals surface area contributed by atoms with Gasteiger partial charge >= 0.3 is 0 Å². The molecule has 0 saturated heterocycles. The molecule has 1 saturated carbocycles. The maximum atomic E-state index is 12.8. The van der Waals surface area contributed by atoms with Crippen LogP contribution in [0.25, 0.3) is 0 Å². The molecule has 162 valence electrons. The van der Waals surface area contributed by atoms with Gasteiger partial charge in [-0.15, -0.1) is 0 Å². The molecular formula is C26H24BrN3O2. The molecule has 0 heterocycles. The van der Waals surface area contributed by atoms with Gasteiger partial charge in [0.1, 0.15) is 0 Å². The van der Waals surface area contributed by atoms with Crippen LogP contribution in [0.1, 0.15) is 57.9 Å². The number of halogens is 1. The zero-order chi connectivity index (χ0) is 22.3. The van der Waals surface area contributed by atoms with E-state index in [1.165, 1.54) is 5.56 Å². The van der Waals surface area contributed by atoms with Gasteiger partial charge in [-0.2, -0.15) is 5.10 Å². The minimum absolute atomic E-state index is 0.280. The van der Waals surface area contributed by atoms with Gasteiger partial charge in [0.2, 0.25) is 0 Å². The van der Waals surface area contributed by atoms with Gasteiger partial charge in [0.05, 0.1) is 11.3 Å². The van der Waals surface area contributed by atoms with E-state index >= 15 is 0 Å². The van der Waals surface area contributed by atoms with E-state index in [4.69, 9.17) is 0 Å². The number of carbonyl (C=O) groups is 2. The molecule has 1 aliphatic rings. The van der Waals surface area contributed by atoms with Gasteiger partial charge in [-0.25, -0.2) is 5.43 Å². The zero-order valence-electron chi connectivity index (χ0n) is 17.6. The van der Waals surface area contributed by atoms with E-state index in [9.17, 15) is 9.59 Å². The SMILES string of the molecule is O=C(Nc1ccccc1C(=O)NN=C1CCC(c2ccccc2)CC1)c1cccc(Br)c1. The van der Waals surface area contributed by atoms with Crippen molar-refractivity contribution in [3.63, 3.8) is 0 Å². The Labute approximate surface area is 196 Å². The van der Waals surface area contributed by atoms with Crippen LogP contribution in [-0.2, 0) is 0 Å². The summed E-state index contributed by atoms with van der Waals surface area (Å²) in [6, 6.07) is 24.6. The summed E-state index contributed by atoms with van der Waals surface area (Å²) in [7, 11) is 0. The summed E-state index contributed by atoms with van der Waals surface area (Å²) in [6.45, 7) is 0. The van der Waals surface area contributed by atoms with Crippen molar-refractivity contribution in [3.05, 3.63) is 100 Å². The van der Waals surface area contributed by atoms with Crippen LogP contribution in [0.3, 0.4) is 0 Å². The van der Waals surface area contributed by atoms with Crippen LogP contribution in [0.2, 0.25) is 0 Å². The van der Waals surface area contributed by atoms with Crippen molar-refractivity contribution in [1.82, 2.24) is 5.43 Å². The first-order valence-corrected chi connectivity index (χ1v) is 11.5. The van der Waals surface area contributed by atoms with E-state index < -0.39 is 0 Å². The summed E-state index contributed by atoms with van der Waals surface area (Å²) in [4.78, 5) is 25.4. The summed E-state index contributed by atoms with van der Waals surface area (Å²) in [6.07, 6.45) is 3.78. The molecule has 6 heteroatoms. The number of amides is 2. The number of anilines is 1. The second-order valence-electron chi connectivity index (χ2n) is 7.81. The maximum Gasteiger partial charge on any atom is 0.273 e. The number of carbonyl (C=O) groups excluding carboxylic acids is 2. The van der Waals surface area contributed by atoms with Crippen molar-refractivity contribution in [2.24, 2.45) is 5.10 Å². The van der Waals surface area contributed by atoms with Crippen LogP contribution in [0, 0.1) is 0 Å². The van der Waals surface area contributed by atoms with Gasteiger partial charge in [0.25, 0.3) is 11.8 Å². The van der Waals surface area contributed by atoms with E-state index in [1.807, 2.05) is 12.1 Å². The maximum absolute atomic E-state index is 12.8. The molecule has 32 heavy (non-hydrogen) atoms. The predicted molar refractivity (Wildman–Crippen MR) is 131 cm³/mol. The van der Waals surface area contributed by atoms with Crippen LogP contribution < -0.4 is 10.7 Å². The fraction of sp³-hybridized carbons (Fsp3) is 0.192. The first kappa shape index (κ1) is 22.0. The van der Waals surface area contributed by atoms with Gasteiger partial charge in [-0.1, -0.05) is 64.5 Å². The first-order valence-electron chi connectivity index (χ1n) is 10.7. The van der Waals surface area contributed by atoms with Crippen LogP contribution in [0.4, 0.5) is 5.69 Å². The molecule has 0 unspecified atom stereocenters. The number of para-hydroxylation sites is 1. The molecule has 2 N–H and O–H groups in total. The molecule has 0 aliphatic heterocycles. The highest BCUT2D eigenvalue weighted by molar-refractivity contribution is 9.10. The normalized spacial score (nSPS) is 15.7. The largest absolute Gasteiger partial charge is 0.321 e. The van der Waals surface area contributed by atoms with Crippen LogP contribution in [-0.4, -0.2) is 17.5 Å². The number of hydrazone groups is 1. The molecule has 0 atom stereocenters. The Morgan fingerprint density at radius 3 is 2.31 bits per heavy atom. The summed E-state index contributed by atoms with van der Waals surface area (Å²) < 4.78 is 0.814. The average molecular weight is 490 g/mol. The molecular weight excluding hydrogens is 466 g/mol. The lowest BCUT2D eigenvalue weighted by Crippen LogP contribution is -2.23. The topological polar surface area (TPSA) is 70.6 Å². The van der Waals surface area contributed by atoms with Crippen LogP contribution >= 0.6 is 15.9 Å². The smallest absolute Gasteiger partial charge is 0.273 e. The molecule has 5 nitrogen and oxygen atoms in total. The van der Waals surface area contributed by atoms with E-state index in [2.05, 4.69) is 56.0 Å². The van der Waals surface area contributed by atoms with E-state index in [0.717, 1.165) is 35.9 Å². The lowest BCUT2D eigenvalue weighted by molar-refractivity contribution is 0.0955. The molecule has 0 aromatic heterocycles. The standard InChI is InChI=1S/C26H24BrN3O2/c27-21-10-6-9-20(17-21)25(31)28-24-12-5-4-11-23(24)26(32)30-29-22-15-13-19(14-16-22)18-7-2-1-3-8-18/h1-12,17,19H,13-16H2,(H,28,31)(H,30,32). The zero-order valence-corrected chi connectivity index (χ0v) is 19.1. The van der Waals surface area contributed by atoms with Crippen LogP contribution in [0.15, 0.2) is 88.4 Å². The molecule has 3 aromatic carbocycles. The molecule has 3 aromatic rings. The lowest BCUT2D eigenvalue weighted by atomic mass is 9.83. The Kier molecular flexibility index (Phi) is 7.12. The monoisotopic (exact) mass is 489 g/mol. The van der Waals surface area contributed by atoms with Gasteiger partial charge in [-0.3, -0.25) is 9.59 Å². The Bertz CT molecular complexity index is 1130. The van der Waals surface area contributed by atoms with Gasteiger partial charge < -0.3 is 5.32 Å². The van der Waals surface area contributed by atoms with Crippen molar-refractivity contribution in [2.75, 3.05) is 5.32 Å². The molecule has 0 radical (unpaired) electrons. The number of benzene rings is 3. The lowest BCUT2D eigenvalue weighted by Gasteiger charge is -2.23. The third-order valence-electron chi connectivity index (χ3n) is 5.66. The Morgan fingerprint density at radius 1 is 0.844 bits per heavy atom. The van der Waals surface area contributed by atoms with Crippen molar-refractivity contribution < 1.29 is 9.59 Å². The van der Waals surface area contributed by atoms with E-state index in [1.54, 1.807) is 42.5 Å². The van der Waals surface area contributed by atoms with Gasteiger partial charge in [0.15, 0.2) is 0 Å². The number of nitrogens with one attached hydrogen (secondary N) is 2. The number of nitrogens with zero attached hydrogens (tertiary/aromatic N) is 1. The number of hydrogen-bond donors (Lipinski definition) is 2. The van der Waals surface area contributed by atoms with Crippen molar-refractivity contribution in [1.29, 1.82) is 0 Å². The molecule has 0 bridgehead atoms. The predicted octanol–water partition coefficient (Wildman–Crippen LogP) is 6.15. The Hall–Kier alpha value is -3.25. The first-order chi connectivity index (χ1) is 15.6. The van der Waals surface area contributed by atoms with E-state index in [0.29, 0.717) is 22.7 Å². The number of rotatable bonds is 5. The Morgan fingerprint density at radius 2 is 1.56 bits per heavy atom. The molecule has 1 aliphatic carbocycles. The fourth-order valence-corrected chi connectivity index (χ4v) is 4.32. The third kappa shape index (κ3) is 5.51. The molecule has 2 amide bonds. The highest BCUT2D eigenvalue weighted by Crippen LogP contribution is 2.31. The second kappa shape index (κ2) is 10.4. The van der Waals surface area contributed by atoms with Crippen molar-refractivity contribution in [3.8, 4) is 0 Å². The highest BCUT2D eigenvalue weighted by atomic mass is 79.9. The molecule has 0 spiro atoms. The van der Waals surface area contributed by atoms with Crippen molar-refractivity contribution in [2.45, 2.75) is 31.6 Å². The minimum Gasteiger partial charge on any atom is -0.321 e. The van der Waals surface area contributed by atoms with Crippen molar-refractivity contribution >= 4 is 39.1 Å². The second-order valence-corrected chi connectivity index (χ2v) is 8.73. The third-order valence-corrected chi connectivity index (χ3v) is 6.15. The quantitative estimate of drug-likeness (QED) is 0.422. The molecule has 1 fully saturated rings. The minimum atomic E-state index is -0.340. The Balaban J connectivity index is 1.38. The van der Waals surface area contributed by atoms with Gasteiger partial charge in [0, 0.05) is 15.7 Å². The summed E-state index contributed by atoms with van der Waals surface area (Å²) in [5.41, 5.74) is 6.37. The van der Waals surface area contributed by atoms with Crippen LogP contribution in [0.5, 0.6) is 0 Å². The molecule has 4 rings (SSSR count). The summed E-state index contributed by atoms with van der Waals surface area (Å²) in [5, 5.41) is 7.20. The summed E-state index contributed by atoms with van der Waals surface area (Å²) in [5.74, 6) is -0.0789.